The van der Waals surface area contributed by atoms with Gasteiger partial charge in [0, 0.05) is 28.9 Å². The van der Waals surface area contributed by atoms with Gasteiger partial charge in [0.15, 0.2) is 23.0 Å². The summed E-state index contributed by atoms with van der Waals surface area (Å²) in [6.45, 7) is 0. The van der Waals surface area contributed by atoms with Crippen molar-refractivity contribution in [3.8, 4) is 34.5 Å². The van der Waals surface area contributed by atoms with Crippen LogP contribution in [0.1, 0.15) is 10.4 Å². The number of hydrogen-bond donors (Lipinski definition) is 1. The van der Waals surface area contributed by atoms with Crippen molar-refractivity contribution in [2.45, 2.75) is 0 Å². The Morgan fingerprint density at radius 2 is 1.35 bits per heavy atom. The minimum absolute atomic E-state index is 0.268. The predicted octanol–water partition coefficient (Wildman–Crippen LogP) is 5.31. The van der Waals surface area contributed by atoms with Crippen molar-refractivity contribution in [3.63, 3.8) is 0 Å². The highest BCUT2D eigenvalue weighted by Gasteiger charge is 2.13. The van der Waals surface area contributed by atoms with Crippen LogP contribution in [0.3, 0.4) is 0 Å². The van der Waals surface area contributed by atoms with Gasteiger partial charge in [-0.2, -0.15) is 0 Å². The van der Waals surface area contributed by atoms with Crippen LogP contribution >= 0.6 is 0 Å². The monoisotopic (exact) mass is 460 g/mol. The van der Waals surface area contributed by atoms with Crippen LogP contribution in [0.5, 0.6) is 34.5 Å². The van der Waals surface area contributed by atoms with Crippen molar-refractivity contribution in [1.82, 2.24) is 4.98 Å². The Labute approximate surface area is 197 Å². The molecule has 0 aliphatic heterocycles. The smallest absolute Gasteiger partial charge is 0.255 e. The third-order valence-electron chi connectivity index (χ3n) is 5.19. The lowest BCUT2D eigenvalue weighted by molar-refractivity contribution is 0.102. The van der Waals surface area contributed by atoms with E-state index in [0.29, 0.717) is 51.3 Å². The van der Waals surface area contributed by atoms with Gasteiger partial charge < -0.3 is 29.0 Å². The van der Waals surface area contributed by atoms with Gasteiger partial charge >= 0.3 is 0 Å². The third kappa shape index (κ3) is 4.66. The first kappa shape index (κ1) is 22.7. The molecule has 0 saturated heterocycles. The predicted molar refractivity (Wildman–Crippen MR) is 129 cm³/mol. The second-order valence-corrected chi connectivity index (χ2v) is 7.18. The summed E-state index contributed by atoms with van der Waals surface area (Å²) in [5, 5.41) is 3.65. The summed E-state index contributed by atoms with van der Waals surface area (Å²) in [6.07, 6.45) is 1.67. The average Bonchev–Trinajstić information content (AvgIpc) is 2.88. The fourth-order valence-electron chi connectivity index (χ4n) is 3.45. The fourth-order valence-corrected chi connectivity index (χ4v) is 3.45. The molecule has 0 spiro atoms. The Balaban J connectivity index is 1.51. The molecule has 3 aromatic carbocycles. The summed E-state index contributed by atoms with van der Waals surface area (Å²) in [6, 6.07) is 17.5. The topological polar surface area (TPSA) is 88.1 Å². The van der Waals surface area contributed by atoms with Gasteiger partial charge in [0.25, 0.3) is 5.91 Å². The number of benzene rings is 3. The van der Waals surface area contributed by atoms with Gasteiger partial charge in [-0.15, -0.1) is 0 Å². The number of pyridine rings is 1. The van der Waals surface area contributed by atoms with E-state index in [-0.39, 0.29) is 5.91 Å². The minimum Gasteiger partial charge on any atom is -0.493 e. The quantitative estimate of drug-likeness (QED) is 0.381. The minimum atomic E-state index is -0.268. The molecule has 0 unspecified atom stereocenters. The summed E-state index contributed by atoms with van der Waals surface area (Å²) in [7, 11) is 6.23. The van der Waals surface area contributed by atoms with Gasteiger partial charge in [0.2, 0.25) is 0 Å². The number of hydrogen-bond acceptors (Lipinski definition) is 7. The van der Waals surface area contributed by atoms with Crippen molar-refractivity contribution < 1.29 is 28.5 Å². The van der Waals surface area contributed by atoms with E-state index in [2.05, 4.69) is 10.3 Å². The third-order valence-corrected chi connectivity index (χ3v) is 5.19. The number of amides is 1. The van der Waals surface area contributed by atoms with Gasteiger partial charge in [-0.05, 0) is 54.6 Å². The largest absolute Gasteiger partial charge is 0.493 e. The zero-order valence-electron chi connectivity index (χ0n) is 19.2. The molecule has 4 aromatic rings. The number of anilines is 1. The lowest BCUT2D eigenvalue weighted by Gasteiger charge is -2.13. The number of ether oxygens (including phenoxy) is 5. The van der Waals surface area contributed by atoms with Crippen LogP contribution in [0.2, 0.25) is 0 Å². The molecule has 8 nitrogen and oxygen atoms in total. The maximum Gasteiger partial charge on any atom is 0.255 e. The molecule has 0 bridgehead atoms. The molecule has 0 saturated carbocycles. The maximum absolute atomic E-state index is 12.6. The van der Waals surface area contributed by atoms with Gasteiger partial charge in [-0.3, -0.25) is 9.78 Å². The number of methoxy groups -OCH3 is 4. The van der Waals surface area contributed by atoms with E-state index in [1.807, 2.05) is 6.07 Å². The molecule has 0 aliphatic carbocycles. The lowest BCUT2D eigenvalue weighted by atomic mass is 10.1. The fraction of sp³-hybridized carbons (Fsp3) is 0.154. The van der Waals surface area contributed by atoms with Gasteiger partial charge in [-0.25, -0.2) is 0 Å². The molecule has 34 heavy (non-hydrogen) atoms. The molecule has 0 fully saturated rings. The van der Waals surface area contributed by atoms with E-state index >= 15 is 0 Å². The highest BCUT2D eigenvalue weighted by molar-refractivity contribution is 6.04. The number of fused-ring (bicyclic) bond motifs is 1. The van der Waals surface area contributed by atoms with Crippen molar-refractivity contribution in [2.75, 3.05) is 33.8 Å². The second kappa shape index (κ2) is 9.99. The highest BCUT2D eigenvalue weighted by atomic mass is 16.5. The van der Waals surface area contributed by atoms with Crippen LogP contribution in [0, 0.1) is 0 Å². The van der Waals surface area contributed by atoms with E-state index in [9.17, 15) is 4.79 Å². The molecule has 1 heterocycles. The van der Waals surface area contributed by atoms with Gasteiger partial charge in [0.05, 0.1) is 34.0 Å². The number of carbonyl (C=O) groups is 1. The standard InChI is InChI=1S/C26H24N2O6/c1-30-22-10-5-16(13-23(22)31-2)26(29)28-17-6-8-18(9-7-17)34-21-11-12-27-20-15-25(33-4)24(32-3)14-19(20)21/h5-15H,1-4H3,(H,28,29). The summed E-state index contributed by atoms with van der Waals surface area (Å²) < 4.78 is 27.3. The van der Waals surface area contributed by atoms with Crippen molar-refractivity contribution in [3.05, 3.63) is 72.4 Å². The molecule has 174 valence electrons. The van der Waals surface area contributed by atoms with Crippen molar-refractivity contribution in [2.24, 2.45) is 0 Å². The first-order chi connectivity index (χ1) is 16.6. The van der Waals surface area contributed by atoms with E-state index in [1.54, 1.807) is 82.1 Å². The van der Waals surface area contributed by atoms with Crippen LogP contribution in [0.15, 0.2) is 66.9 Å². The number of nitrogens with one attached hydrogen (secondary N) is 1. The first-order valence-electron chi connectivity index (χ1n) is 10.4. The molecular weight excluding hydrogens is 436 g/mol. The summed E-state index contributed by atoms with van der Waals surface area (Å²) in [5.74, 6) is 3.17. The SMILES string of the molecule is COc1ccc(C(=O)Nc2ccc(Oc3ccnc4cc(OC)c(OC)cc34)cc2)cc1OC. The zero-order chi connectivity index (χ0) is 24.1. The molecule has 4 rings (SSSR count). The van der Waals surface area contributed by atoms with E-state index < -0.39 is 0 Å². The first-order valence-corrected chi connectivity index (χ1v) is 10.4. The second-order valence-electron chi connectivity index (χ2n) is 7.18. The number of aromatic nitrogens is 1. The Hall–Kier alpha value is -4.46. The number of nitrogens with zero attached hydrogens (tertiary/aromatic N) is 1. The van der Waals surface area contributed by atoms with E-state index in [4.69, 9.17) is 23.7 Å². The normalized spacial score (nSPS) is 10.5. The Morgan fingerprint density at radius 3 is 2.03 bits per heavy atom. The lowest BCUT2D eigenvalue weighted by Crippen LogP contribution is -2.12. The summed E-state index contributed by atoms with van der Waals surface area (Å²) >= 11 is 0. The average molecular weight is 460 g/mol. The molecule has 0 radical (unpaired) electrons. The molecule has 1 amide bonds. The molecule has 1 N–H and O–H groups in total. The molecule has 1 aromatic heterocycles. The Morgan fingerprint density at radius 1 is 0.706 bits per heavy atom. The van der Waals surface area contributed by atoms with Gasteiger partial charge in [0.1, 0.15) is 11.5 Å². The summed E-state index contributed by atoms with van der Waals surface area (Å²) in [4.78, 5) is 17.0. The van der Waals surface area contributed by atoms with Crippen LogP contribution in [-0.2, 0) is 0 Å². The Bertz CT molecular complexity index is 1320. The van der Waals surface area contributed by atoms with E-state index in [1.165, 1.54) is 7.11 Å². The number of rotatable bonds is 8. The molecule has 8 heteroatoms. The number of carbonyl (C=O) groups excluding carboxylic acids is 1. The molecule has 0 atom stereocenters. The van der Waals surface area contributed by atoms with Crippen LogP contribution in [0.4, 0.5) is 5.69 Å². The Kier molecular flexibility index (Phi) is 6.68. The van der Waals surface area contributed by atoms with Gasteiger partial charge in [-0.1, -0.05) is 0 Å². The van der Waals surface area contributed by atoms with E-state index in [0.717, 1.165) is 5.39 Å². The van der Waals surface area contributed by atoms with Crippen LogP contribution in [-0.4, -0.2) is 39.3 Å². The van der Waals surface area contributed by atoms with Crippen molar-refractivity contribution >= 4 is 22.5 Å². The van der Waals surface area contributed by atoms with Crippen LogP contribution in [0.25, 0.3) is 10.9 Å². The molecule has 0 aliphatic rings. The molecular formula is C26H24N2O6. The summed E-state index contributed by atoms with van der Waals surface area (Å²) in [5.41, 5.74) is 1.79. The van der Waals surface area contributed by atoms with Crippen molar-refractivity contribution in [1.29, 1.82) is 0 Å². The highest BCUT2D eigenvalue weighted by Crippen LogP contribution is 2.37. The zero-order valence-corrected chi connectivity index (χ0v) is 19.2. The van der Waals surface area contributed by atoms with Crippen LogP contribution < -0.4 is 29.0 Å². The maximum atomic E-state index is 12.6.